The Morgan fingerprint density at radius 1 is 0.938 bits per heavy atom. The molecule has 0 saturated carbocycles. The number of halogens is 2. The van der Waals surface area contributed by atoms with Crippen molar-refractivity contribution in [2.24, 2.45) is 0 Å². The van der Waals surface area contributed by atoms with Gasteiger partial charge in [0.25, 0.3) is 11.5 Å². The predicted molar refractivity (Wildman–Crippen MR) is 179 cm³/mol. The molecule has 246 valence electrons. The molecule has 0 bridgehead atoms. The summed E-state index contributed by atoms with van der Waals surface area (Å²) in [5.41, 5.74) is 2.46. The highest BCUT2D eigenvalue weighted by Gasteiger charge is 2.25. The lowest BCUT2D eigenvalue weighted by Gasteiger charge is -2.15. The first kappa shape index (κ1) is 32.5. The molecule has 2 aromatic heterocycles. The highest BCUT2D eigenvalue weighted by atomic mass is 32.2. The Kier molecular flexibility index (Phi) is 8.82. The van der Waals surface area contributed by atoms with Crippen LogP contribution in [0, 0.1) is 11.6 Å². The standard InChI is InChI=1S/C35H30F2N4O6S/c1-4-48(44,45)40-29-17-30-27(32(34(42)38-2)33(47-30)21-7-12-24(37)13-8-21)16-25(29)22-9-14-28-26(15-22)35(43)41(31(39-28)19-46-3)18-20-5-10-23(36)11-6-20/h5-17,40H,4,18-19H2,1-3H3,(H,38,42). The number of hydrogen-bond acceptors (Lipinski definition) is 7. The van der Waals surface area contributed by atoms with Crippen LogP contribution in [-0.4, -0.2) is 43.8 Å². The molecule has 0 saturated heterocycles. The second-order valence-electron chi connectivity index (χ2n) is 11.0. The van der Waals surface area contributed by atoms with Crippen LogP contribution < -0.4 is 15.6 Å². The second-order valence-corrected chi connectivity index (χ2v) is 13.0. The third kappa shape index (κ3) is 6.29. The number of furan rings is 1. The van der Waals surface area contributed by atoms with Crippen LogP contribution >= 0.6 is 0 Å². The molecule has 10 nitrogen and oxygen atoms in total. The van der Waals surface area contributed by atoms with Gasteiger partial charge in [-0.05, 0) is 72.6 Å². The summed E-state index contributed by atoms with van der Waals surface area (Å²) in [6, 6.07) is 19.3. The van der Waals surface area contributed by atoms with Crippen molar-refractivity contribution in [2.45, 2.75) is 20.1 Å². The fraction of sp³-hybridized carbons (Fsp3) is 0.171. The predicted octanol–water partition coefficient (Wildman–Crippen LogP) is 6.07. The number of nitrogens with zero attached hydrogens (tertiary/aromatic N) is 2. The molecule has 0 radical (unpaired) electrons. The average Bonchev–Trinajstić information content (AvgIpc) is 3.45. The number of aromatic nitrogens is 2. The van der Waals surface area contributed by atoms with E-state index < -0.39 is 27.6 Å². The van der Waals surface area contributed by atoms with E-state index in [9.17, 15) is 26.8 Å². The van der Waals surface area contributed by atoms with Crippen molar-refractivity contribution >= 4 is 43.5 Å². The van der Waals surface area contributed by atoms with E-state index in [0.29, 0.717) is 39.0 Å². The maximum atomic E-state index is 14.0. The molecule has 0 spiro atoms. The van der Waals surface area contributed by atoms with E-state index in [1.54, 1.807) is 36.4 Å². The number of amides is 1. The Labute approximate surface area is 274 Å². The maximum Gasteiger partial charge on any atom is 0.261 e. The number of methoxy groups -OCH3 is 1. The zero-order valence-electron chi connectivity index (χ0n) is 26.1. The molecule has 0 fully saturated rings. The minimum Gasteiger partial charge on any atom is -0.455 e. The fourth-order valence-electron chi connectivity index (χ4n) is 5.47. The lowest BCUT2D eigenvalue weighted by molar-refractivity contribution is 0.0964. The molecule has 48 heavy (non-hydrogen) atoms. The number of benzene rings is 4. The van der Waals surface area contributed by atoms with Crippen LogP contribution in [0.25, 0.3) is 44.3 Å². The van der Waals surface area contributed by atoms with Gasteiger partial charge in [-0.25, -0.2) is 22.2 Å². The summed E-state index contributed by atoms with van der Waals surface area (Å²) >= 11 is 0. The van der Waals surface area contributed by atoms with Crippen LogP contribution in [0.2, 0.25) is 0 Å². The monoisotopic (exact) mass is 672 g/mol. The number of ether oxygens (including phenoxy) is 1. The van der Waals surface area contributed by atoms with Crippen LogP contribution in [-0.2, 0) is 27.9 Å². The third-order valence-electron chi connectivity index (χ3n) is 7.91. The van der Waals surface area contributed by atoms with E-state index in [-0.39, 0.29) is 52.4 Å². The Morgan fingerprint density at radius 2 is 1.60 bits per heavy atom. The molecule has 0 aliphatic heterocycles. The number of carbonyl (C=O) groups is 1. The van der Waals surface area contributed by atoms with Crippen LogP contribution in [0.5, 0.6) is 0 Å². The van der Waals surface area contributed by atoms with Gasteiger partial charge in [-0.1, -0.05) is 18.2 Å². The van der Waals surface area contributed by atoms with Crippen molar-refractivity contribution in [3.05, 3.63) is 118 Å². The number of fused-ring (bicyclic) bond motifs is 2. The molecule has 0 atom stereocenters. The molecule has 2 heterocycles. The molecule has 2 N–H and O–H groups in total. The van der Waals surface area contributed by atoms with Crippen molar-refractivity contribution in [3.8, 4) is 22.5 Å². The van der Waals surface area contributed by atoms with Crippen molar-refractivity contribution in [1.29, 1.82) is 0 Å². The van der Waals surface area contributed by atoms with E-state index in [4.69, 9.17) is 9.15 Å². The summed E-state index contributed by atoms with van der Waals surface area (Å²) < 4.78 is 68.5. The summed E-state index contributed by atoms with van der Waals surface area (Å²) in [6.45, 7) is 1.65. The Morgan fingerprint density at radius 3 is 2.25 bits per heavy atom. The Hall–Kier alpha value is -5.40. The van der Waals surface area contributed by atoms with E-state index in [1.165, 1.54) is 68.1 Å². The Balaban J connectivity index is 1.59. The highest BCUT2D eigenvalue weighted by molar-refractivity contribution is 7.92. The van der Waals surface area contributed by atoms with Crippen LogP contribution in [0.3, 0.4) is 0 Å². The molecule has 6 aromatic rings. The normalized spacial score (nSPS) is 11.7. The SMILES string of the molecule is CCS(=O)(=O)Nc1cc2oc(-c3ccc(F)cc3)c(C(=O)NC)c2cc1-c1ccc2nc(COC)n(Cc3ccc(F)cc3)c(=O)c2c1. The topological polar surface area (TPSA) is 133 Å². The maximum absolute atomic E-state index is 14.0. The number of nitrogens with one attached hydrogen (secondary N) is 2. The summed E-state index contributed by atoms with van der Waals surface area (Å²) in [6.07, 6.45) is 0. The number of hydrogen-bond donors (Lipinski definition) is 2. The van der Waals surface area contributed by atoms with E-state index in [0.717, 1.165) is 0 Å². The van der Waals surface area contributed by atoms with Gasteiger partial charge in [0.15, 0.2) is 0 Å². The van der Waals surface area contributed by atoms with E-state index >= 15 is 0 Å². The largest absolute Gasteiger partial charge is 0.455 e. The molecule has 0 aliphatic rings. The smallest absolute Gasteiger partial charge is 0.261 e. The molecule has 1 amide bonds. The zero-order chi connectivity index (χ0) is 34.2. The van der Waals surface area contributed by atoms with Gasteiger partial charge in [0.2, 0.25) is 10.0 Å². The first-order chi connectivity index (χ1) is 23.0. The number of sulfonamides is 1. The first-order valence-corrected chi connectivity index (χ1v) is 16.5. The summed E-state index contributed by atoms with van der Waals surface area (Å²) in [5, 5.41) is 3.22. The number of anilines is 1. The minimum absolute atomic E-state index is 0.0485. The second kappa shape index (κ2) is 13.0. The van der Waals surface area contributed by atoms with Crippen LogP contribution in [0.1, 0.15) is 28.7 Å². The quantitative estimate of drug-likeness (QED) is 0.181. The molecule has 4 aromatic carbocycles. The van der Waals surface area contributed by atoms with Gasteiger partial charge in [0, 0.05) is 36.7 Å². The molecule has 0 aliphatic carbocycles. The minimum atomic E-state index is -3.79. The van der Waals surface area contributed by atoms with Crippen LogP contribution in [0.15, 0.2) is 88.1 Å². The molecular weight excluding hydrogens is 642 g/mol. The van der Waals surface area contributed by atoms with Crippen molar-refractivity contribution < 1.29 is 31.1 Å². The molecule has 6 rings (SSSR count). The van der Waals surface area contributed by atoms with Gasteiger partial charge in [-0.3, -0.25) is 18.9 Å². The highest BCUT2D eigenvalue weighted by Crippen LogP contribution is 2.40. The lowest BCUT2D eigenvalue weighted by atomic mass is 9.97. The average molecular weight is 673 g/mol. The first-order valence-electron chi connectivity index (χ1n) is 14.9. The number of carbonyl (C=O) groups excluding carboxylic acids is 1. The Bertz CT molecular complexity index is 2350. The summed E-state index contributed by atoms with van der Waals surface area (Å²) in [4.78, 5) is 31.9. The van der Waals surface area contributed by atoms with Crippen molar-refractivity contribution in [1.82, 2.24) is 14.9 Å². The van der Waals surface area contributed by atoms with Gasteiger partial charge in [0.05, 0.1) is 34.5 Å². The van der Waals surface area contributed by atoms with Gasteiger partial charge >= 0.3 is 0 Å². The fourth-order valence-corrected chi connectivity index (χ4v) is 6.12. The van der Waals surface area contributed by atoms with Gasteiger partial charge in [-0.2, -0.15) is 0 Å². The molecule has 0 unspecified atom stereocenters. The molecule has 13 heteroatoms. The van der Waals surface area contributed by atoms with E-state index in [1.807, 2.05) is 0 Å². The number of rotatable bonds is 10. The van der Waals surface area contributed by atoms with Crippen molar-refractivity contribution in [2.75, 3.05) is 24.6 Å². The van der Waals surface area contributed by atoms with Crippen LogP contribution in [0.4, 0.5) is 14.5 Å². The third-order valence-corrected chi connectivity index (χ3v) is 9.20. The zero-order valence-corrected chi connectivity index (χ0v) is 27.0. The van der Waals surface area contributed by atoms with E-state index in [2.05, 4.69) is 15.0 Å². The van der Waals surface area contributed by atoms with Crippen molar-refractivity contribution in [3.63, 3.8) is 0 Å². The summed E-state index contributed by atoms with van der Waals surface area (Å²) in [7, 11) is -0.840. The van der Waals surface area contributed by atoms with Gasteiger partial charge in [0.1, 0.15) is 35.4 Å². The van der Waals surface area contributed by atoms with Gasteiger partial charge in [-0.15, -0.1) is 0 Å². The van der Waals surface area contributed by atoms with Gasteiger partial charge < -0.3 is 14.5 Å². The lowest BCUT2D eigenvalue weighted by Crippen LogP contribution is -2.26. The molecular formula is C35H30F2N4O6S. The summed E-state index contributed by atoms with van der Waals surface area (Å²) in [5.74, 6) is -1.03.